The van der Waals surface area contributed by atoms with Gasteiger partial charge in [0.2, 0.25) is 0 Å². The molecule has 0 aliphatic rings. The van der Waals surface area contributed by atoms with Crippen LogP contribution in [0, 0.1) is 29.6 Å². The summed E-state index contributed by atoms with van der Waals surface area (Å²) in [7, 11) is 0. The third-order valence-corrected chi connectivity index (χ3v) is 15.5. The van der Waals surface area contributed by atoms with Crippen LogP contribution in [0.2, 0.25) is 0 Å². The van der Waals surface area contributed by atoms with Gasteiger partial charge in [-0.05, 0) is 91.9 Å². The SMILES string of the molecule is Cc1ccc2c(c1)c1ccccc1n2-c1c(C#N)c(-n2c3ccccc3c3cc(C(F)(F)F)ccc32)c(-n2c3ccccc3c3cc(C(F)(F)F)ccc32)c(C#N)c1-n1c2ccccc2c2ccc3c4ccccc4oc3c21. The molecule has 5 heterocycles. The van der Waals surface area contributed by atoms with Crippen molar-refractivity contribution in [1.29, 1.82) is 10.5 Å². The topological polar surface area (TPSA) is 80.4 Å². The zero-order valence-electron chi connectivity index (χ0n) is 40.8. The molecule has 0 saturated carbocycles. The maximum atomic E-state index is 14.8. The number of halogens is 6. The van der Waals surface area contributed by atoms with Gasteiger partial charge in [-0.15, -0.1) is 0 Å². The number of hydrogen-bond acceptors (Lipinski definition) is 3. The van der Waals surface area contributed by atoms with Gasteiger partial charge in [0.05, 0.1) is 78.0 Å². The number of rotatable bonds is 4. The summed E-state index contributed by atoms with van der Waals surface area (Å²) < 4.78 is 103. The van der Waals surface area contributed by atoms with Crippen molar-refractivity contribution in [3.63, 3.8) is 0 Å². The fraction of sp³-hybridized carbons (Fsp3) is 0.0462. The van der Waals surface area contributed by atoms with Crippen LogP contribution in [0.25, 0.3) is 132 Å². The number of aromatic nitrogens is 4. The van der Waals surface area contributed by atoms with Crippen molar-refractivity contribution < 1.29 is 30.8 Å². The summed E-state index contributed by atoms with van der Waals surface area (Å²) >= 11 is 0. The lowest BCUT2D eigenvalue weighted by Gasteiger charge is -2.27. The van der Waals surface area contributed by atoms with E-state index >= 15 is 0 Å². The molecule has 0 saturated heterocycles. The van der Waals surface area contributed by atoms with Gasteiger partial charge >= 0.3 is 12.4 Å². The van der Waals surface area contributed by atoms with E-state index in [4.69, 9.17) is 4.42 Å². The second-order valence-electron chi connectivity index (χ2n) is 19.7. The van der Waals surface area contributed by atoms with E-state index in [1.807, 2.05) is 113 Å². The fourth-order valence-corrected chi connectivity index (χ4v) is 12.4. The Hall–Kier alpha value is -10.2. The third kappa shape index (κ3) is 6.09. The van der Waals surface area contributed by atoms with Crippen LogP contribution in [0.1, 0.15) is 27.8 Å². The number of aryl methyl sites for hydroxylation is 1. The molecule has 5 aromatic heterocycles. The predicted molar refractivity (Wildman–Crippen MR) is 295 cm³/mol. The summed E-state index contributed by atoms with van der Waals surface area (Å²) in [5, 5.41) is 31.4. The van der Waals surface area contributed by atoms with Gasteiger partial charge in [0.15, 0.2) is 5.58 Å². The maximum Gasteiger partial charge on any atom is 0.416 e. The minimum atomic E-state index is -4.72. The summed E-state index contributed by atoms with van der Waals surface area (Å²) in [6.07, 6.45) is -9.44. The molecule has 0 aliphatic heterocycles. The highest BCUT2D eigenvalue weighted by Gasteiger charge is 2.37. The first-order valence-corrected chi connectivity index (χ1v) is 24.9. The molecular formula is C65H34F6N6O. The first-order chi connectivity index (χ1) is 37.8. The number of hydrogen-bond donors (Lipinski definition) is 0. The number of nitrogens with zero attached hydrogens (tertiary/aromatic N) is 6. The summed E-state index contributed by atoms with van der Waals surface area (Å²) in [4.78, 5) is 0. The van der Waals surface area contributed by atoms with Crippen LogP contribution in [0.5, 0.6) is 0 Å². The first kappa shape index (κ1) is 45.2. The average Bonchev–Trinajstić information content (AvgIpc) is 4.42. The summed E-state index contributed by atoms with van der Waals surface area (Å²) in [5.41, 5.74) is 4.98. The maximum absolute atomic E-state index is 14.8. The van der Waals surface area contributed by atoms with E-state index in [1.54, 1.807) is 57.7 Å². The van der Waals surface area contributed by atoms with Gasteiger partial charge in [-0.1, -0.05) is 109 Å². The quantitative estimate of drug-likeness (QED) is 0.165. The van der Waals surface area contributed by atoms with Crippen molar-refractivity contribution in [2.24, 2.45) is 0 Å². The molecular weight excluding hydrogens is 995 g/mol. The largest absolute Gasteiger partial charge is 0.454 e. The number of nitriles is 2. The molecule has 0 bridgehead atoms. The Labute approximate surface area is 437 Å². The minimum Gasteiger partial charge on any atom is -0.454 e. The molecule has 372 valence electrons. The van der Waals surface area contributed by atoms with E-state index in [0.717, 1.165) is 62.1 Å². The molecule has 13 heteroatoms. The van der Waals surface area contributed by atoms with Gasteiger partial charge in [-0.3, -0.25) is 0 Å². The van der Waals surface area contributed by atoms with Gasteiger partial charge in [-0.2, -0.15) is 36.9 Å². The van der Waals surface area contributed by atoms with Crippen LogP contribution in [0.4, 0.5) is 26.3 Å². The highest BCUT2D eigenvalue weighted by Crippen LogP contribution is 2.51. The van der Waals surface area contributed by atoms with E-state index in [2.05, 4.69) is 18.2 Å². The summed E-state index contributed by atoms with van der Waals surface area (Å²) in [5.74, 6) is 0. The Bertz CT molecular complexity index is 5240. The summed E-state index contributed by atoms with van der Waals surface area (Å²) in [6, 6.07) is 59.3. The van der Waals surface area contributed by atoms with Gasteiger partial charge in [0, 0.05) is 53.9 Å². The van der Waals surface area contributed by atoms with E-state index in [0.29, 0.717) is 55.0 Å². The van der Waals surface area contributed by atoms with Crippen LogP contribution < -0.4 is 0 Å². The van der Waals surface area contributed by atoms with Crippen LogP contribution >= 0.6 is 0 Å². The number of benzene rings is 10. The lowest BCUT2D eigenvalue weighted by Crippen LogP contribution is -2.17. The van der Waals surface area contributed by atoms with Gasteiger partial charge in [0.1, 0.15) is 28.8 Å². The Morgan fingerprint density at radius 3 is 1.18 bits per heavy atom. The van der Waals surface area contributed by atoms with E-state index < -0.39 is 23.5 Å². The second-order valence-corrected chi connectivity index (χ2v) is 19.7. The van der Waals surface area contributed by atoms with Crippen molar-refractivity contribution >= 4 is 109 Å². The van der Waals surface area contributed by atoms with Crippen molar-refractivity contribution in [3.8, 4) is 34.9 Å². The smallest absolute Gasteiger partial charge is 0.416 e. The van der Waals surface area contributed by atoms with Crippen molar-refractivity contribution in [2.75, 3.05) is 0 Å². The van der Waals surface area contributed by atoms with Crippen LogP contribution in [0.3, 0.4) is 0 Å². The zero-order chi connectivity index (χ0) is 53.1. The molecule has 0 aliphatic carbocycles. The number of para-hydroxylation sites is 5. The zero-order valence-corrected chi connectivity index (χ0v) is 40.8. The lowest BCUT2D eigenvalue weighted by molar-refractivity contribution is -0.138. The molecule has 0 spiro atoms. The molecule has 7 nitrogen and oxygen atoms in total. The van der Waals surface area contributed by atoms with Crippen molar-refractivity contribution in [1.82, 2.24) is 18.3 Å². The summed E-state index contributed by atoms with van der Waals surface area (Å²) in [6.45, 7) is 1.99. The number of fused-ring (bicyclic) bond motifs is 16. The molecule has 0 atom stereocenters. The molecule has 78 heavy (non-hydrogen) atoms. The van der Waals surface area contributed by atoms with Crippen LogP contribution in [0.15, 0.2) is 192 Å². The molecule has 10 aromatic carbocycles. The lowest BCUT2D eigenvalue weighted by atomic mass is 9.98. The fourth-order valence-electron chi connectivity index (χ4n) is 12.4. The van der Waals surface area contributed by atoms with Gasteiger partial charge < -0.3 is 22.7 Å². The van der Waals surface area contributed by atoms with E-state index in [9.17, 15) is 36.9 Å². The Morgan fingerprint density at radius 2 is 0.718 bits per heavy atom. The van der Waals surface area contributed by atoms with Crippen LogP contribution in [-0.2, 0) is 12.4 Å². The van der Waals surface area contributed by atoms with E-state index in [-0.39, 0.29) is 55.7 Å². The third-order valence-electron chi connectivity index (χ3n) is 15.5. The molecule has 0 fully saturated rings. The predicted octanol–water partition coefficient (Wildman–Crippen LogP) is 18.1. The molecule has 0 amide bonds. The first-order valence-electron chi connectivity index (χ1n) is 24.9. The highest BCUT2D eigenvalue weighted by atomic mass is 19.4. The molecule has 15 aromatic rings. The Morgan fingerprint density at radius 1 is 0.359 bits per heavy atom. The second kappa shape index (κ2) is 15.9. The number of furan rings is 1. The van der Waals surface area contributed by atoms with Crippen molar-refractivity contribution in [3.05, 3.63) is 216 Å². The van der Waals surface area contributed by atoms with E-state index in [1.165, 1.54) is 12.1 Å². The minimum absolute atomic E-state index is 0.00494. The average molecular weight is 1030 g/mol. The monoisotopic (exact) mass is 1030 g/mol. The molecule has 0 radical (unpaired) electrons. The Kier molecular flexibility index (Phi) is 9.21. The van der Waals surface area contributed by atoms with Crippen LogP contribution in [-0.4, -0.2) is 18.3 Å². The van der Waals surface area contributed by atoms with Gasteiger partial charge in [0.25, 0.3) is 0 Å². The molecule has 0 unspecified atom stereocenters. The standard InChI is InChI=1S/C65H34F6N6O/c1-35-22-27-54-45(30-35)39-13-3-7-17-50(39)74(54)60-48(33-72)58(75-51-18-8-4-14-40(51)46-31-36(64(66,67)68)23-28-55(46)75)59(76-52-19-9-5-15-41(52)47-32-37(65(69,70)71)24-29-56(47)76)49(34-73)61(60)77-53-20-10-2-12-38(53)43-25-26-44-42-16-6-11-21-57(42)78-63(44)62(43)77/h2-32H,1H3. The van der Waals surface area contributed by atoms with Crippen molar-refractivity contribution in [2.45, 2.75) is 19.3 Å². The normalized spacial score (nSPS) is 12.5. The highest BCUT2D eigenvalue weighted by molar-refractivity contribution is 6.22. The number of alkyl halides is 6. The molecule has 0 N–H and O–H groups in total. The Balaban J connectivity index is 1.27. The van der Waals surface area contributed by atoms with Gasteiger partial charge in [-0.25, -0.2) is 0 Å². The molecule has 15 rings (SSSR count).